The first-order valence-corrected chi connectivity index (χ1v) is 3.63. The highest BCUT2D eigenvalue weighted by Gasteiger charge is 2.74. The van der Waals surface area contributed by atoms with Crippen molar-refractivity contribution in [3.8, 4) is 0 Å². The summed E-state index contributed by atoms with van der Waals surface area (Å²) in [4.78, 5) is 4.35. The molecule has 1 rings (SSSR count). The van der Waals surface area contributed by atoms with Crippen molar-refractivity contribution >= 4 is 5.95 Å². The molecular formula is C6H4F7N3. The van der Waals surface area contributed by atoms with E-state index in [0.717, 1.165) is 0 Å². The number of alkyl halides is 7. The fraction of sp³-hybridized carbons (Fsp3) is 0.500. The third kappa shape index (κ3) is 1.67. The molecule has 3 nitrogen and oxygen atoms in total. The molecule has 0 radical (unpaired) electrons. The summed E-state index contributed by atoms with van der Waals surface area (Å²) < 4.78 is 85.7. The monoisotopic (exact) mass is 251 g/mol. The molecule has 1 aromatic heterocycles. The number of aromatic nitrogens is 2. The van der Waals surface area contributed by atoms with E-state index in [4.69, 9.17) is 5.73 Å². The van der Waals surface area contributed by atoms with Gasteiger partial charge in [0, 0.05) is 0 Å². The van der Waals surface area contributed by atoms with Crippen LogP contribution in [-0.2, 0) is 5.92 Å². The molecule has 0 spiro atoms. The van der Waals surface area contributed by atoms with E-state index >= 15 is 0 Å². The van der Waals surface area contributed by atoms with E-state index in [1.54, 1.807) is 0 Å². The zero-order valence-electron chi connectivity index (χ0n) is 7.25. The molecule has 0 aliphatic heterocycles. The van der Waals surface area contributed by atoms with Crippen LogP contribution < -0.4 is 5.73 Å². The van der Waals surface area contributed by atoms with Crippen molar-refractivity contribution in [2.24, 2.45) is 0 Å². The molecule has 0 aliphatic carbocycles. The minimum Gasteiger partial charge on any atom is -0.369 e. The van der Waals surface area contributed by atoms with Crippen molar-refractivity contribution in [1.82, 2.24) is 9.97 Å². The van der Waals surface area contributed by atoms with Gasteiger partial charge in [-0.05, 0) is 0 Å². The first-order valence-electron chi connectivity index (χ1n) is 3.63. The van der Waals surface area contributed by atoms with Crippen LogP contribution >= 0.6 is 0 Å². The van der Waals surface area contributed by atoms with Crippen LogP contribution in [0.5, 0.6) is 0 Å². The average Bonchev–Trinajstić information content (AvgIpc) is 2.49. The van der Waals surface area contributed by atoms with E-state index in [0.29, 0.717) is 0 Å². The predicted octanol–water partition coefficient (Wildman–Crippen LogP) is 2.28. The molecular weight excluding hydrogens is 247 g/mol. The van der Waals surface area contributed by atoms with Crippen LogP contribution in [-0.4, -0.2) is 22.1 Å². The first-order chi connectivity index (χ1) is 7.00. The smallest absolute Gasteiger partial charge is 0.369 e. The number of nitrogen functional groups attached to an aromatic ring is 1. The number of H-pyrrole nitrogens is 1. The van der Waals surface area contributed by atoms with Gasteiger partial charge >= 0.3 is 18.0 Å². The second-order valence-electron chi connectivity index (χ2n) is 2.83. The van der Waals surface area contributed by atoms with Gasteiger partial charge in [0.2, 0.25) is 0 Å². The molecule has 0 saturated carbocycles. The summed E-state index contributed by atoms with van der Waals surface area (Å²) in [7, 11) is 0. The third-order valence-electron chi connectivity index (χ3n) is 1.68. The summed E-state index contributed by atoms with van der Waals surface area (Å²) in [6.07, 6.45) is -6.26. The molecule has 16 heavy (non-hydrogen) atoms. The van der Waals surface area contributed by atoms with Crippen LogP contribution in [0.3, 0.4) is 0 Å². The lowest BCUT2D eigenvalue weighted by Crippen LogP contribution is -2.50. The van der Waals surface area contributed by atoms with E-state index in [1.807, 2.05) is 0 Å². The molecule has 1 heterocycles. The maximum atomic E-state index is 12.8. The van der Waals surface area contributed by atoms with Gasteiger partial charge in [-0.1, -0.05) is 0 Å². The van der Waals surface area contributed by atoms with Crippen molar-refractivity contribution in [1.29, 1.82) is 0 Å². The number of aromatic amines is 1. The molecule has 0 bridgehead atoms. The average molecular weight is 251 g/mol. The number of anilines is 1. The molecule has 0 aromatic carbocycles. The Morgan fingerprint density at radius 1 is 1.06 bits per heavy atom. The highest BCUT2D eigenvalue weighted by molar-refractivity contribution is 5.23. The van der Waals surface area contributed by atoms with E-state index < -0.39 is 29.7 Å². The van der Waals surface area contributed by atoms with Crippen molar-refractivity contribution < 1.29 is 30.7 Å². The van der Waals surface area contributed by atoms with Gasteiger partial charge in [0.25, 0.3) is 0 Å². The van der Waals surface area contributed by atoms with Gasteiger partial charge < -0.3 is 10.7 Å². The number of nitrogens with one attached hydrogen (secondary N) is 1. The van der Waals surface area contributed by atoms with Gasteiger partial charge in [-0.3, -0.25) is 0 Å². The summed E-state index contributed by atoms with van der Waals surface area (Å²) in [5.41, 5.74) is 3.10. The van der Waals surface area contributed by atoms with Crippen molar-refractivity contribution in [3.63, 3.8) is 0 Å². The van der Waals surface area contributed by atoms with E-state index in [9.17, 15) is 30.7 Å². The number of nitrogens with two attached hydrogens (primary N) is 1. The maximum absolute atomic E-state index is 12.8. The summed E-state index contributed by atoms with van der Waals surface area (Å²) in [6, 6.07) is 0. The SMILES string of the molecule is Nc1ncc(C(F)(F)C(F)(F)C(F)(F)F)[nH]1. The third-order valence-corrected chi connectivity index (χ3v) is 1.68. The van der Waals surface area contributed by atoms with Crippen LogP contribution in [0.4, 0.5) is 36.7 Å². The summed E-state index contributed by atoms with van der Waals surface area (Å²) in [6.45, 7) is 0. The van der Waals surface area contributed by atoms with Gasteiger partial charge in [0.15, 0.2) is 5.95 Å². The Morgan fingerprint density at radius 3 is 1.88 bits per heavy atom. The van der Waals surface area contributed by atoms with Gasteiger partial charge in [0.05, 0.1) is 6.20 Å². The lowest BCUT2D eigenvalue weighted by molar-refractivity contribution is -0.360. The fourth-order valence-electron chi connectivity index (χ4n) is 0.843. The van der Waals surface area contributed by atoms with Crippen LogP contribution in [0.15, 0.2) is 6.20 Å². The Morgan fingerprint density at radius 2 is 1.56 bits per heavy atom. The first kappa shape index (κ1) is 12.6. The van der Waals surface area contributed by atoms with E-state index in [1.165, 1.54) is 4.98 Å². The summed E-state index contributed by atoms with van der Waals surface area (Å²) in [5, 5.41) is 0. The Kier molecular flexibility index (Phi) is 2.56. The standard InChI is InChI=1S/C6H4F7N3/c7-4(8,2-1-15-3(14)16-2)5(9,10)6(11,12)13/h1H,(H3,14,15,16). The number of imidazole rings is 1. The largest absolute Gasteiger partial charge is 0.460 e. The van der Waals surface area contributed by atoms with Crippen molar-refractivity contribution in [3.05, 3.63) is 11.9 Å². The van der Waals surface area contributed by atoms with Gasteiger partial charge in [0.1, 0.15) is 5.69 Å². The topological polar surface area (TPSA) is 54.7 Å². The highest BCUT2D eigenvalue weighted by atomic mass is 19.4. The zero-order chi connectivity index (χ0) is 12.8. The summed E-state index contributed by atoms with van der Waals surface area (Å²) >= 11 is 0. The Balaban J connectivity index is 3.21. The van der Waals surface area contributed by atoms with Crippen LogP contribution in [0, 0.1) is 0 Å². The molecule has 0 fully saturated rings. The van der Waals surface area contributed by atoms with Gasteiger partial charge in [-0.2, -0.15) is 30.7 Å². The van der Waals surface area contributed by atoms with E-state index in [-0.39, 0.29) is 6.20 Å². The molecule has 0 unspecified atom stereocenters. The van der Waals surface area contributed by atoms with Gasteiger partial charge in [-0.25, -0.2) is 4.98 Å². The zero-order valence-corrected chi connectivity index (χ0v) is 7.25. The van der Waals surface area contributed by atoms with Crippen LogP contribution in [0.2, 0.25) is 0 Å². The highest BCUT2D eigenvalue weighted by Crippen LogP contribution is 2.51. The van der Waals surface area contributed by atoms with Crippen molar-refractivity contribution in [2.45, 2.75) is 18.0 Å². The van der Waals surface area contributed by atoms with Crippen molar-refractivity contribution in [2.75, 3.05) is 5.73 Å². The number of rotatable bonds is 2. The second-order valence-corrected chi connectivity index (χ2v) is 2.83. The fourth-order valence-corrected chi connectivity index (χ4v) is 0.843. The number of hydrogen-bond donors (Lipinski definition) is 2. The Hall–Kier alpha value is -1.48. The van der Waals surface area contributed by atoms with Crippen LogP contribution in [0.1, 0.15) is 5.69 Å². The molecule has 0 amide bonds. The Bertz CT molecular complexity index is 380. The minimum atomic E-state index is -6.38. The van der Waals surface area contributed by atoms with E-state index in [2.05, 4.69) is 4.98 Å². The van der Waals surface area contributed by atoms with Crippen LogP contribution in [0.25, 0.3) is 0 Å². The predicted molar refractivity (Wildman–Crippen MR) is 37.9 cm³/mol. The second kappa shape index (κ2) is 3.25. The van der Waals surface area contributed by atoms with Gasteiger partial charge in [-0.15, -0.1) is 0 Å². The lowest BCUT2D eigenvalue weighted by Gasteiger charge is -2.26. The number of hydrogen-bond acceptors (Lipinski definition) is 2. The Labute approximate surface area is 83.5 Å². The molecule has 0 saturated heterocycles. The molecule has 1 aromatic rings. The normalized spacial score (nSPS) is 14.2. The molecule has 3 N–H and O–H groups in total. The quantitative estimate of drug-likeness (QED) is 0.792. The maximum Gasteiger partial charge on any atom is 0.460 e. The molecule has 0 atom stereocenters. The summed E-state index contributed by atoms with van der Waals surface area (Å²) in [5.74, 6) is -12.4. The molecule has 10 heteroatoms. The minimum absolute atomic E-state index is 0.120. The number of nitrogens with zero attached hydrogens (tertiary/aromatic N) is 1. The lowest BCUT2D eigenvalue weighted by atomic mass is 10.1. The molecule has 0 aliphatic rings. The molecule has 92 valence electrons. The number of halogens is 7.